The van der Waals surface area contributed by atoms with Gasteiger partial charge in [0.2, 0.25) is 5.91 Å². The number of fused-ring (bicyclic) bond motifs is 1. The zero-order valence-electron chi connectivity index (χ0n) is 22.1. The Balaban J connectivity index is 1.42. The third-order valence-corrected chi connectivity index (χ3v) is 7.73. The zero-order valence-corrected chi connectivity index (χ0v) is 22.1. The van der Waals surface area contributed by atoms with Crippen LogP contribution in [0.5, 0.6) is 5.75 Å². The summed E-state index contributed by atoms with van der Waals surface area (Å²) in [7, 11) is 1.53. The number of carbonyl (C=O) groups is 1. The smallest absolute Gasteiger partial charge is 0.249 e. The largest absolute Gasteiger partial charge is 0.497 e. The first-order valence-electron chi connectivity index (χ1n) is 13.0. The monoisotopic (exact) mass is 562 g/mol. The number of aromatic nitrogens is 1. The molecule has 0 radical (unpaired) electrons. The molecular weight excluding hydrogens is 529 g/mol. The van der Waals surface area contributed by atoms with Crippen molar-refractivity contribution < 1.29 is 38.1 Å². The highest BCUT2D eigenvalue weighted by molar-refractivity contribution is 5.85. The highest BCUT2D eigenvalue weighted by Gasteiger charge is 2.41. The van der Waals surface area contributed by atoms with Crippen molar-refractivity contribution in [3.05, 3.63) is 65.1 Å². The molecule has 1 amide bonds. The molecule has 4 rings (SSSR count). The molecule has 40 heavy (non-hydrogen) atoms. The number of carbonyl (C=O) groups excluding carboxylic acids is 1. The summed E-state index contributed by atoms with van der Waals surface area (Å²) in [5.41, 5.74) is 2.02. The molecule has 1 aromatic heterocycles. The fourth-order valence-corrected chi connectivity index (χ4v) is 5.40. The van der Waals surface area contributed by atoms with Crippen LogP contribution in [0.3, 0.4) is 0 Å². The predicted molar refractivity (Wildman–Crippen MR) is 141 cm³/mol. The van der Waals surface area contributed by atoms with Crippen LogP contribution in [0.1, 0.15) is 42.9 Å². The number of pyridine rings is 1. The van der Waals surface area contributed by atoms with Crippen molar-refractivity contribution in [2.24, 2.45) is 5.41 Å². The van der Waals surface area contributed by atoms with E-state index in [0.29, 0.717) is 72.4 Å². The molecule has 0 unspecified atom stereocenters. The maximum atomic E-state index is 13.9. The van der Waals surface area contributed by atoms with Crippen LogP contribution in [0.4, 0.5) is 18.9 Å². The minimum absolute atomic E-state index is 0.182. The molecule has 3 aromatic rings. The van der Waals surface area contributed by atoms with Gasteiger partial charge in [0, 0.05) is 42.4 Å². The van der Waals surface area contributed by atoms with E-state index in [-0.39, 0.29) is 26.0 Å². The van der Waals surface area contributed by atoms with Crippen LogP contribution < -0.4 is 15.5 Å². The third kappa shape index (κ3) is 6.30. The van der Waals surface area contributed by atoms with Gasteiger partial charge in [0.05, 0.1) is 30.8 Å². The number of hydrogen-bond acceptors (Lipinski definition) is 8. The molecule has 216 valence electrons. The van der Waals surface area contributed by atoms with Crippen molar-refractivity contribution in [1.82, 2.24) is 15.4 Å². The van der Waals surface area contributed by atoms with Gasteiger partial charge in [-0.15, -0.1) is 0 Å². The second-order valence-corrected chi connectivity index (χ2v) is 10.0. The summed E-state index contributed by atoms with van der Waals surface area (Å²) >= 11 is 0. The number of benzene rings is 2. The van der Waals surface area contributed by atoms with Gasteiger partial charge >= 0.3 is 0 Å². The van der Waals surface area contributed by atoms with E-state index < -0.39 is 40.6 Å². The quantitative estimate of drug-likeness (QED) is 0.177. The predicted octanol–water partition coefficient (Wildman–Crippen LogP) is 3.67. The van der Waals surface area contributed by atoms with Crippen LogP contribution in [0, 0.1) is 22.9 Å². The van der Waals surface area contributed by atoms with Gasteiger partial charge in [-0.1, -0.05) is 0 Å². The van der Waals surface area contributed by atoms with E-state index in [9.17, 15) is 33.4 Å². The maximum absolute atomic E-state index is 13.9. The van der Waals surface area contributed by atoms with Gasteiger partial charge in [0.15, 0.2) is 11.6 Å². The van der Waals surface area contributed by atoms with Crippen LogP contribution in [0.25, 0.3) is 10.9 Å². The van der Waals surface area contributed by atoms with E-state index in [0.717, 1.165) is 0 Å². The number of ether oxygens (including phenoxy) is 1. The number of likely N-dealkylation sites (tertiary alicyclic amines) is 1. The van der Waals surface area contributed by atoms with Gasteiger partial charge in [-0.05, 0) is 62.5 Å². The number of nitrogens with one attached hydrogen (secondary N) is 2. The first-order chi connectivity index (χ1) is 19.2. The second kappa shape index (κ2) is 12.8. The Labute approximate surface area is 229 Å². The highest BCUT2D eigenvalue weighted by atomic mass is 19.1. The van der Waals surface area contributed by atoms with Crippen molar-refractivity contribution in [3.8, 4) is 5.75 Å². The summed E-state index contributed by atoms with van der Waals surface area (Å²) in [4.78, 5) is 19.2. The summed E-state index contributed by atoms with van der Waals surface area (Å²) in [6.45, 7) is 1.22. The van der Waals surface area contributed by atoms with Crippen molar-refractivity contribution in [1.29, 1.82) is 0 Å². The van der Waals surface area contributed by atoms with Crippen molar-refractivity contribution in [3.63, 3.8) is 0 Å². The number of hydrogen-bond donors (Lipinski definition) is 5. The van der Waals surface area contributed by atoms with Gasteiger partial charge in [0.1, 0.15) is 17.3 Å². The minimum atomic E-state index is -1.02. The first kappa shape index (κ1) is 29.5. The van der Waals surface area contributed by atoms with Gasteiger partial charge in [-0.25, -0.2) is 18.7 Å². The lowest BCUT2D eigenvalue weighted by atomic mass is 9.73. The number of halogens is 3. The summed E-state index contributed by atoms with van der Waals surface area (Å²) in [6, 6.07) is 6.47. The number of nitrogens with zero attached hydrogens (tertiary/aromatic N) is 2. The molecule has 0 saturated carbocycles. The zero-order chi connectivity index (χ0) is 28.9. The van der Waals surface area contributed by atoms with Crippen LogP contribution in [0.15, 0.2) is 36.5 Å². The van der Waals surface area contributed by atoms with E-state index in [1.807, 2.05) is 4.90 Å². The summed E-state index contributed by atoms with van der Waals surface area (Å²) in [5, 5.41) is 33.9. The van der Waals surface area contributed by atoms with E-state index >= 15 is 0 Å². The molecule has 1 atom stereocenters. The Morgan fingerprint density at radius 1 is 1.18 bits per heavy atom. The Morgan fingerprint density at radius 3 is 2.50 bits per heavy atom. The molecule has 9 nitrogen and oxygen atoms in total. The molecule has 1 aliphatic heterocycles. The number of methoxy groups -OCH3 is 1. The minimum Gasteiger partial charge on any atom is -0.497 e. The molecule has 0 aliphatic carbocycles. The Hall–Kier alpha value is -3.45. The molecule has 0 spiro atoms. The molecule has 1 fully saturated rings. The third-order valence-electron chi connectivity index (χ3n) is 7.73. The van der Waals surface area contributed by atoms with Crippen LogP contribution in [0.2, 0.25) is 0 Å². The number of piperidine rings is 1. The molecule has 5 N–H and O–H groups in total. The SMILES string of the molecule is COc1ccc2ncc(CO)c([C@H](O)CCC3(C(=O)NO)CCN(CCNc4c(F)cc(F)cc4F)CC3)c2c1. The lowest BCUT2D eigenvalue weighted by Crippen LogP contribution is -2.49. The van der Waals surface area contributed by atoms with E-state index in [4.69, 9.17) is 4.74 Å². The van der Waals surface area contributed by atoms with Crippen molar-refractivity contribution in [2.75, 3.05) is 38.6 Å². The molecule has 1 aliphatic rings. The number of aliphatic hydroxyl groups excluding tert-OH is 2. The Morgan fingerprint density at radius 2 is 1.88 bits per heavy atom. The fourth-order valence-electron chi connectivity index (χ4n) is 5.40. The lowest BCUT2D eigenvalue weighted by Gasteiger charge is -2.40. The molecule has 0 bridgehead atoms. The normalized spacial score (nSPS) is 16.1. The summed E-state index contributed by atoms with van der Waals surface area (Å²) in [6.07, 6.45) is 1.69. The average Bonchev–Trinajstić information content (AvgIpc) is 2.96. The average molecular weight is 563 g/mol. The molecular formula is C28H33F3N4O5. The second-order valence-electron chi connectivity index (χ2n) is 10.0. The maximum Gasteiger partial charge on any atom is 0.249 e. The van der Waals surface area contributed by atoms with Gasteiger partial charge in [-0.3, -0.25) is 15.0 Å². The number of anilines is 1. The topological polar surface area (TPSA) is 127 Å². The van der Waals surface area contributed by atoms with Crippen LogP contribution in [-0.2, 0) is 11.4 Å². The number of hydroxylamine groups is 1. The number of amides is 1. The molecule has 2 heterocycles. The van der Waals surface area contributed by atoms with Crippen molar-refractivity contribution >= 4 is 22.5 Å². The number of aliphatic hydroxyl groups is 2. The van der Waals surface area contributed by atoms with Gasteiger partial charge in [-0.2, -0.15) is 0 Å². The Kier molecular flexibility index (Phi) is 9.46. The Bertz CT molecular complexity index is 1320. The van der Waals surface area contributed by atoms with E-state index in [1.54, 1.807) is 23.7 Å². The van der Waals surface area contributed by atoms with Gasteiger partial charge < -0.3 is 25.2 Å². The fraction of sp³-hybridized carbons (Fsp3) is 0.429. The first-order valence-corrected chi connectivity index (χ1v) is 13.0. The number of rotatable bonds is 11. The standard InChI is InChI=1S/C28H33F3N4O5/c1-40-19-2-3-23-20(14-19)25(17(16-36)15-33-23)24(37)4-5-28(27(38)34-39)6-9-35(10-7-28)11-8-32-26-21(30)12-18(29)13-22(26)31/h2-3,12-15,24,32,36-37,39H,4-11,16H2,1H3,(H,34,38)/t24-/m1/s1. The highest BCUT2D eigenvalue weighted by Crippen LogP contribution is 2.40. The molecule has 2 aromatic carbocycles. The summed E-state index contributed by atoms with van der Waals surface area (Å²) < 4.78 is 46.2. The molecule has 12 heteroatoms. The molecule has 1 saturated heterocycles. The lowest BCUT2D eigenvalue weighted by molar-refractivity contribution is -0.143. The summed E-state index contributed by atoms with van der Waals surface area (Å²) in [5.74, 6) is -3.00. The van der Waals surface area contributed by atoms with E-state index in [1.165, 1.54) is 13.3 Å². The van der Waals surface area contributed by atoms with E-state index in [2.05, 4.69) is 10.3 Å². The van der Waals surface area contributed by atoms with Crippen LogP contribution >= 0.6 is 0 Å². The van der Waals surface area contributed by atoms with Crippen LogP contribution in [-0.4, -0.2) is 64.5 Å². The van der Waals surface area contributed by atoms with Gasteiger partial charge in [0.25, 0.3) is 0 Å². The van der Waals surface area contributed by atoms with Crippen molar-refractivity contribution in [2.45, 2.75) is 38.4 Å².